The van der Waals surface area contributed by atoms with Crippen LogP contribution in [0.3, 0.4) is 0 Å². The van der Waals surface area contributed by atoms with Crippen molar-refractivity contribution in [2.45, 2.75) is 251 Å². The average Bonchev–Trinajstić information content (AvgIpc) is 3.30. The Morgan fingerprint density at radius 3 is 1.25 bits per heavy atom. The Morgan fingerprint density at radius 2 is 0.838 bits per heavy atom. The number of phosphoric ester groups is 1. The zero-order valence-corrected chi connectivity index (χ0v) is 45.7. The van der Waals surface area contributed by atoms with Crippen LogP contribution < -0.4 is 4.89 Å². The summed E-state index contributed by atoms with van der Waals surface area (Å²) in [7, 11) is 1.17. The van der Waals surface area contributed by atoms with Crippen molar-refractivity contribution in [2.75, 3.05) is 47.5 Å². The number of hydrogen-bond acceptors (Lipinski definition) is 8. The van der Waals surface area contributed by atoms with Crippen LogP contribution in [0.4, 0.5) is 0 Å². The number of ether oxygens (including phenoxy) is 2. The van der Waals surface area contributed by atoms with Gasteiger partial charge in [-0.15, -0.1) is 0 Å². The van der Waals surface area contributed by atoms with Crippen molar-refractivity contribution in [1.82, 2.24) is 0 Å². The van der Waals surface area contributed by atoms with Crippen molar-refractivity contribution in [3.8, 4) is 0 Å². The first kappa shape index (κ1) is 65.7. The molecule has 0 fully saturated rings. The molecule has 0 spiro atoms. The van der Waals surface area contributed by atoms with E-state index in [4.69, 9.17) is 18.5 Å². The summed E-state index contributed by atoms with van der Waals surface area (Å²) in [5, 5.41) is 0. The van der Waals surface area contributed by atoms with Gasteiger partial charge in [0, 0.05) is 12.8 Å². The second-order valence-corrected chi connectivity index (χ2v) is 21.3. The van der Waals surface area contributed by atoms with Crippen LogP contribution >= 0.6 is 7.82 Å². The second kappa shape index (κ2) is 49.7. The SMILES string of the molecule is CC/C=C\C/C=C\C/C=C\C/C=C\C/C=C\CCCCCCCCCCCCCCCCCCCCCCCC(=O)OC(COC(=O)CCCCCCCCC)COP(=O)([O-])OCC[N+](C)(C)C. The van der Waals surface area contributed by atoms with E-state index in [9.17, 15) is 19.0 Å². The van der Waals surface area contributed by atoms with E-state index in [-0.39, 0.29) is 32.0 Å². The molecule has 0 aliphatic rings. The Hall–Kier alpha value is -2.29. The van der Waals surface area contributed by atoms with Gasteiger partial charge in [-0.1, -0.05) is 235 Å². The maximum atomic E-state index is 12.7. The number of esters is 2. The van der Waals surface area contributed by atoms with Gasteiger partial charge in [0.25, 0.3) is 7.82 Å². The Labute approximate surface area is 419 Å². The molecule has 396 valence electrons. The van der Waals surface area contributed by atoms with Crippen LogP contribution in [-0.2, 0) is 32.7 Å². The highest BCUT2D eigenvalue weighted by Crippen LogP contribution is 2.38. The van der Waals surface area contributed by atoms with Crippen LogP contribution in [0.1, 0.15) is 245 Å². The number of quaternary nitrogens is 1. The molecule has 68 heavy (non-hydrogen) atoms. The molecule has 10 heteroatoms. The molecule has 0 amide bonds. The monoisotopic (exact) mass is 976 g/mol. The van der Waals surface area contributed by atoms with Crippen molar-refractivity contribution in [3.05, 3.63) is 60.8 Å². The average molecular weight is 976 g/mol. The van der Waals surface area contributed by atoms with Gasteiger partial charge < -0.3 is 27.9 Å². The van der Waals surface area contributed by atoms with Crippen molar-refractivity contribution in [2.24, 2.45) is 0 Å². The summed E-state index contributed by atoms with van der Waals surface area (Å²) in [4.78, 5) is 37.5. The van der Waals surface area contributed by atoms with E-state index < -0.39 is 26.5 Å². The molecule has 0 bridgehead atoms. The maximum absolute atomic E-state index is 12.7. The first-order valence-electron chi connectivity index (χ1n) is 28.0. The fourth-order valence-electron chi connectivity index (χ4n) is 7.74. The number of carbonyl (C=O) groups is 2. The number of hydrogen-bond donors (Lipinski definition) is 0. The molecule has 2 unspecified atom stereocenters. The highest BCUT2D eigenvalue weighted by molar-refractivity contribution is 7.45. The Morgan fingerprint density at radius 1 is 0.471 bits per heavy atom. The quantitative estimate of drug-likeness (QED) is 0.0195. The van der Waals surface area contributed by atoms with E-state index in [0.717, 1.165) is 64.2 Å². The Bertz CT molecular complexity index is 1340. The molecule has 2 atom stereocenters. The first-order valence-corrected chi connectivity index (χ1v) is 29.5. The number of likely N-dealkylation sites (N-methyl/N-ethyl adjacent to an activating group) is 1. The second-order valence-electron chi connectivity index (χ2n) is 19.9. The van der Waals surface area contributed by atoms with Crippen molar-refractivity contribution < 1.29 is 42.1 Å². The smallest absolute Gasteiger partial charge is 0.306 e. The molecule has 0 radical (unpaired) electrons. The third kappa shape index (κ3) is 53.1. The summed E-state index contributed by atoms with van der Waals surface area (Å²) in [6, 6.07) is 0. The predicted molar refractivity (Wildman–Crippen MR) is 287 cm³/mol. The van der Waals surface area contributed by atoms with Crippen LogP contribution in [-0.4, -0.2) is 70.0 Å². The molecule has 0 heterocycles. The summed E-state index contributed by atoms with van der Waals surface area (Å²) in [5.74, 6) is -0.833. The lowest BCUT2D eigenvalue weighted by Gasteiger charge is -2.28. The summed E-state index contributed by atoms with van der Waals surface area (Å²) >= 11 is 0. The third-order valence-corrected chi connectivity index (χ3v) is 13.0. The molecule has 0 N–H and O–H groups in total. The molecule has 0 aliphatic carbocycles. The van der Waals surface area contributed by atoms with Gasteiger partial charge in [-0.25, -0.2) is 0 Å². The van der Waals surface area contributed by atoms with Crippen LogP contribution in [0.5, 0.6) is 0 Å². The Balaban J connectivity index is 3.84. The van der Waals surface area contributed by atoms with E-state index in [2.05, 4.69) is 74.6 Å². The van der Waals surface area contributed by atoms with Crippen LogP contribution in [0.15, 0.2) is 60.8 Å². The summed E-state index contributed by atoms with van der Waals surface area (Å²) < 4.78 is 33.9. The molecule has 0 aliphatic heterocycles. The predicted octanol–water partition coefficient (Wildman–Crippen LogP) is 16.5. The van der Waals surface area contributed by atoms with Crippen molar-refractivity contribution >= 4 is 19.8 Å². The van der Waals surface area contributed by atoms with Gasteiger partial charge in [-0.3, -0.25) is 14.2 Å². The van der Waals surface area contributed by atoms with Crippen molar-refractivity contribution in [1.29, 1.82) is 0 Å². The lowest BCUT2D eigenvalue weighted by molar-refractivity contribution is -0.870. The van der Waals surface area contributed by atoms with Gasteiger partial charge in [0.2, 0.25) is 0 Å². The number of nitrogens with zero attached hydrogens (tertiary/aromatic N) is 1. The molecule has 9 nitrogen and oxygen atoms in total. The molecule has 0 rings (SSSR count). The van der Waals surface area contributed by atoms with E-state index in [1.54, 1.807) is 0 Å². The fraction of sp³-hybridized carbons (Fsp3) is 0.793. The van der Waals surface area contributed by atoms with E-state index in [1.807, 2.05) is 21.1 Å². The van der Waals surface area contributed by atoms with Gasteiger partial charge in [0.15, 0.2) is 6.10 Å². The van der Waals surface area contributed by atoms with Crippen molar-refractivity contribution in [3.63, 3.8) is 0 Å². The highest BCUT2D eigenvalue weighted by atomic mass is 31.2. The normalized spacial score (nSPS) is 13.8. The molecule has 0 saturated heterocycles. The van der Waals surface area contributed by atoms with Crippen LogP contribution in [0, 0.1) is 0 Å². The third-order valence-electron chi connectivity index (χ3n) is 12.1. The minimum Gasteiger partial charge on any atom is -0.756 e. The Kier molecular flexibility index (Phi) is 48.0. The number of allylic oxidation sites excluding steroid dienone is 10. The van der Waals surface area contributed by atoms with Crippen LogP contribution in [0.2, 0.25) is 0 Å². The maximum Gasteiger partial charge on any atom is 0.306 e. The van der Waals surface area contributed by atoms with Gasteiger partial charge >= 0.3 is 11.9 Å². The van der Waals surface area contributed by atoms with Gasteiger partial charge in [0.1, 0.15) is 19.8 Å². The molecular weight excluding hydrogens is 870 g/mol. The molecule has 0 aromatic heterocycles. The molecule has 0 aromatic carbocycles. The minimum absolute atomic E-state index is 0.0294. The number of unbranched alkanes of at least 4 members (excludes halogenated alkanes) is 27. The zero-order valence-electron chi connectivity index (χ0n) is 44.8. The number of rotatable bonds is 51. The largest absolute Gasteiger partial charge is 0.756 e. The van der Waals surface area contributed by atoms with Gasteiger partial charge in [-0.2, -0.15) is 0 Å². The van der Waals surface area contributed by atoms with E-state index in [0.29, 0.717) is 17.4 Å². The van der Waals surface area contributed by atoms with Gasteiger partial charge in [0.05, 0.1) is 27.7 Å². The van der Waals surface area contributed by atoms with Crippen LogP contribution in [0.25, 0.3) is 0 Å². The first-order chi connectivity index (χ1) is 33.0. The number of carbonyl (C=O) groups excluding carboxylic acids is 2. The van der Waals surface area contributed by atoms with Gasteiger partial charge in [-0.05, 0) is 57.8 Å². The molecule has 0 aromatic rings. The van der Waals surface area contributed by atoms with E-state index in [1.165, 1.54) is 148 Å². The zero-order chi connectivity index (χ0) is 49.9. The molecular formula is C58H106NO8P. The molecule has 0 saturated carbocycles. The topological polar surface area (TPSA) is 111 Å². The summed E-state index contributed by atoms with van der Waals surface area (Å²) in [6.45, 7) is 4.08. The number of phosphoric acid groups is 1. The standard InChI is InChI=1S/C58H106NO8P/c1-6-8-10-12-14-15-16-17-18-19-20-21-22-23-24-25-26-27-28-29-30-31-32-33-34-35-36-37-38-39-40-41-42-43-45-47-49-51-58(61)67-56(55-66-68(62,63)65-53-52-59(3,4)5)54-64-57(60)50-48-46-44-13-11-9-7-2/h8,10,14-15,17-18,20-21,23-24,56H,6-7,9,11-13,16,19,22,25-55H2,1-5H3/b10-8-,15-14-,18-17-,21-20-,24-23-. The lowest BCUT2D eigenvalue weighted by Crippen LogP contribution is -2.37. The lowest BCUT2D eigenvalue weighted by atomic mass is 10.0. The highest BCUT2D eigenvalue weighted by Gasteiger charge is 2.21. The van der Waals surface area contributed by atoms with E-state index >= 15 is 0 Å². The summed E-state index contributed by atoms with van der Waals surface area (Å²) in [6.07, 6.45) is 63.2. The summed E-state index contributed by atoms with van der Waals surface area (Å²) in [5.41, 5.74) is 0. The minimum atomic E-state index is -4.62. The fourth-order valence-corrected chi connectivity index (χ4v) is 8.47.